The molecule has 1 aliphatic heterocycles. The second-order valence-corrected chi connectivity index (χ2v) is 8.02. The van der Waals surface area contributed by atoms with Crippen molar-refractivity contribution in [1.82, 2.24) is 0 Å². The minimum atomic E-state index is -0.391. The van der Waals surface area contributed by atoms with E-state index in [2.05, 4.69) is 5.32 Å². The number of methoxy groups -OCH3 is 2. The normalized spacial score (nSPS) is 13.4. The van der Waals surface area contributed by atoms with Crippen LogP contribution in [0.25, 0.3) is 22.1 Å². The van der Waals surface area contributed by atoms with E-state index in [4.69, 9.17) is 13.9 Å². The van der Waals surface area contributed by atoms with Gasteiger partial charge in [-0.15, -0.1) is 0 Å². The van der Waals surface area contributed by atoms with Gasteiger partial charge in [-0.3, -0.25) is 9.59 Å². The number of furan rings is 1. The number of carbonyl (C=O) groups is 2. The van der Waals surface area contributed by atoms with Gasteiger partial charge in [0.15, 0.2) is 0 Å². The average Bonchev–Trinajstić information content (AvgIpc) is 3.47. The largest absolute Gasteiger partial charge is 0.497 e. The highest BCUT2D eigenvalue weighted by molar-refractivity contribution is 6.13. The molecule has 0 atom stereocenters. The van der Waals surface area contributed by atoms with Gasteiger partial charge in [0, 0.05) is 35.7 Å². The van der Waals surface area contributed by atoms with Gasteiger partial charge in [0.2, 0.25) is 11.7 Å². The zero-order valence-electron chi connectivity index (χ0n) is 19.0. The smallest absolute Gasteiger partial charge is 0.292 e. The van der Waals surface area contributed by atoms with Gasteiger partial charge >= 0.3 is 0 Å². The molecule has 1 saturated heterocycles. The highest BCUT2D eigenvalue weighted by Gasteiger charge is 2.26. The Kier molecular flexibility index (Phi) is 5.67. The molecule has 2 heterocycles. The summed E-state index contributed by atoms with van der Waals surface area (Å²) in [6.45, 7) is 0.621. The summed E-state index contributed by atoms with van der Waals surface area (Å²) in [6, 6.07) is 20.4. The van der Waals surface area contributed by atoms with E-state index in [0.717, 1.165) is 17.4 Å². The van der Waals surface area contributed by atoms with Gasteiger partial charge in [0.25, 0.3) is 5.91 Å². The maximum atomic E-state index is 13.4. The Balaban J connectivity index is 1.55. The number of carbonyl (C=O) groups excluding carboxylic acids is 2. The Morgan fingerprint density at radius 1 is 1.00 bits per heavy atom. The molecule has 172 valence electrons. The molecule has 0 aliphatic carbocycles. The molecule has 0 spiro atoms. The Bertz CT molecular complexity index is 1380. The quantitative estimate of drug-likeness (QED) is 0.415. The molecule has 7 heteroatoms. The van der Waals surface area contributed by atoms with Crippen LogP contribution in [0.15, 0.2) is 71.1 Å². The van der Waals surface area contributed by atoms with Crippen molar-refractivity contribution in [2.45, 2.75) is 12.8 Å². The second-order valence-electron chi connectivity index (χ2n) is 8.02. The van der Waals surface area contributed by atoms with Crippen LogP contribution in [-0.2, 0) is 4.79 Å². The number of fused-ring (bicyclic) bond motifs is 1. The fourth-order valence-electron chi connectivity index (χ4n) is 4.32. The van der Waals surface area contributed by atoms with Gasteiger partial charge in [0.1, 0.15) is 17.1 Å². The van der Waals surface area contributed by atoms with Crippen LogP contribution in [0, 0.1) is 0 Å². The Labute approximate surface area is 196 Å². The van der Waals surface area contributed by atoms with Crippen LogP contribution in [0.1, 0.15) is 23.4 Å². The third-order valence-corrected chi connectivity index (χ3v) is 5.97. The molecular formula is C27H24N2O5. The number of hydrogen-bond donors (Lipinski definition) is 1. The molecule has 0 radical (unpaired) electrons. The number of amides is 2. The monoisotopic (exact) mass is 456 g/mol. The summed E-state index contributed by atoms with van der Waals surface area (Å²) in [6.07, 6.45) is 1.30. The minimum Gasteiger partial charge on any atom is -0.497 e. The van der Waals surface area contributed by atoms with Gasteiger partial charge in [-0.05, 0) is 42.3 Å². The third-order valence-electron chi connectivity index (χ3n) is 5.97. The predicted octanol–water partition coefficient (Wildman–Crippen LogP) is 5.50. The highest BCUT2D eigenvalue weighted by atomic mass is 16.5. The van der Waals surface area contributed by atoms with Crippen LogP contribution >= 0.6 is 0 Å². The number of rotatable bonds is 6. The Morgan fingerprint density at radius 3 is 2.53 bits per heavy atom. The lowest BCUT2D eigenvalue weighted by Crippen LogP contribution is -2.24. The average molecular weight is 456 g/mol. The van der Waals surface area contributed by atoms with E-state index in [-0.39, 0.29) is 11.7 Å². The topological polar surface area (TPSA) is 81.0 Å². The van der Waals surface area contributed by atoms with Crippen molar-refractivity contribution in [2.75, 3.05) is 31.0 Å². The van der Waals surface area contributed by atoms with Gasteiger partial charge < -0.3 is 24.1 Å². The van der Waals surface area contributed by atoms with Crippen molar-refractivity contribution in [1.29, 1.82) is 0 Å². The van der Waals surface area contributed by atoms with Crippen molar-refractivity contribution in [3.8, 4) is 22.6 Å². The highest BCUT2D eigenvalue weighted by Crippen LogP contribution is 2.38. The van der Waals surface area contributed by atoms with Crippen LogP contribution < -0.4 is 19.7 Å². The molecule has 34 heavy (non-hydrogen) atoms. The summed E-state index contributed by atoms with van der Waals surface area (Å²) in [7, 11) is 3.15. The lowest BCUT2D eigenvalue weighted by Gasteiger charge is -2.20. The van der Waals surface area contributed by atoms with E-state index >= 15 is 0 Å². The summed E-state index contributed by atoms with van der Waals surface area (Å²) < 4.78 is 16.8. The fourth-order valence-corrected chi connectivity index (χ4v) is 4.32. The molecule has 4 aromatic rings. The molecule has 1 N–H and O–H groups in total. The standard InChI is InChI=1S/C27H24N2O5/c1-32-19-11-12-20-23(16-19)34-26(25(20)17-7-4-3-5-8-17)27(31)28-18-10-13-22(33-2)21(15-18)29-14-6-9-24(29)30/h3-5,7-8,10-13,15-16H,6,9,14H2,1-2H3,(H,28,31). The summed E-state index contributed by atoms with van der Waals surface area (Å²) >= 11 is 0. The van der Waals surface area contributed by atoms with E-state index in [1.54, 1.807) is 43.4 Å². The Morgan fingerprint density at radius 2 is 1.82 bits per heavy atom. The zero-order valence-corrected chi connectivity index (χ0v) is 19.0. The first-order chi connectivity index (χ1) is 16.6. The number of hydrogen-bond acceptors (Lipinski definition) is 5. The third kappa shape index (κ3) is 3.85. The molecule has 5 rings (SSSR count). The Hall–Kier alpha value is -4.26. The van der Waals surface area contributed by atoms with Gasteiger partial charge in [-0.1, -0.05) is 30.3 Å². The van der Waals surface area contributed by atoms with Crippen molar-refractivity contribution in [3.05, 3.63) is 72.5 Å². The van der Waals surface area contributed by atoms with Crippen LogP contribution in [0.2, 0.25) is 0 Å². The molecule has 3 aromatic carbocycles. The molecule has 0 unspecified atom stereocenters. The molecule has 1 fully saturated rings. The number of nitrogens with zero attached hydrogens (tertiary/aromatic N) is 1. The number of anilines is 2. The van der Waals surface area contributed by atoms with Gasteiger partial charge in [-0.2, -0.15) is 0 Å². The molecule has 2 amide bonds. The molecular weight excluding hydrogens is 432 g/mol. The van der Waals surface area contributed by atoms with Crippen molar-refractivity contribution >= 4 is 34.2 Å². The maximum absolute atomic E-state index is 13.4. The van der Waals surface area contributed by atoms with E-state index in [0.29, 0.717) is 47.0 Å². The summed E-state index contributed by atoms with van der Waals surface area (Å²) in [5, 5.41) is 3.75. The van der Waals surface area contributed by atoms with Crippen molar-refractivity contribution in [3.63, 3.8) is 0 Å². The first-order valence-electron chi connectivity index (χ1n) is 11.0. The lowest BCUT2D eigenvalue weighted by molar-refractivity contribution is -0.117. The van der Waals surface area contributed by atoms with Crippen LogP contribution in [-0.4, -0.2) is 32.6 Å². The van der Waals surface area contributed by atoms with E-state index in [1.807, 2.05) is 42.5 Å². The molecule has 1 aliphatic rings. The molecule has 0 bridgehead atoms. The van der Waals surface area contributed by atoms with E-state index in [1.165, 1.54) is 0 Å². The second kappa shape index (κ2) is 8.94. The first-order valence-corrected chi connectivity index (χ1v) is 11.0. The summed E-state index contributed by atoms with van der Waals surface area (Å²) in [5.41, 5.74) is 3.31. The number of nitrogens with one attached hydrogen (secondary N) is 1. The molecule has 7 nitrogen and oxygen atoms in total. The SMILES string of the molecule is COc1ccc2c(-c3ccccc3)c(C(=O)Nc3ccc(OC)c(N4CCCC4=O)c3)oc2c1. The fraction of sp³-hybridized carbons (Fsp3) is 0.185. The van der Waals surface area contributed by atoms with Crippen molar-refractivity contribution in [2.24, 2.45) is 0 Å². The van der Waals surface area contributed by atoms with Gasteiger partial charge in [-0.25, -0.2) is 0 Å². The molecule has 1 aromatic heterocycles. The minimum absolute atomic E-state index is 0.0411. The predicted molar refractivity (Wildman–Crippen MR) is 131 cm³/mol. The van der Waals surface area contributed by atoms with E-state index in [9.17, 15) is 9.59 Å². The maximum Gasteiger partial charge on any atom is 0.292 e. The van der Waals surface area contributed by atoms with Crippen LogP contribution in [0.4, 0.5) is 11.4 Å². The van der Waals surface area contributed by atoms with Crippen molar-refractivity contribution < 1.29 is 23.5 Å². The zero-order chi connectivity index (χ0) is 23.7. The van der Waals surface area contributed by atoms with Gasteiger partial charge in [0.05, 0.1) is 19.9 Å². The lowest BCUT2D eigenvalue weighted by atomic mass is 10.0. The first kappa shape index (κ1) is 21.6. The molecule has 0 saturated carbocycles. The summed E-state index contributed by atoms with van der Waals surface area (Å²) in [4.78, 5) is 27.4. The number of ether oxygens (including phenoxy) is 2. The van der Waals surface area contributed by atoms with Crippen LogP contribution in [0.3, 0.4) is 0 Å². The van der Waals surface area contributed by atoms with Crippen LogP contribution in [0.5, 0.6) is 11.5 Å². The summed E-state index contributed by atoms with van der Waals surface area (Å²) in [5.74, 6) is 1.07. The number of benzene rings is 3. The van der Waals surface area contributed by atoms with E-state index < -0.39 is 5.91 Å².